The van der Waals surface area contributed by atoms with E-state index in [1.54, 1.807) is 0 Å². The van der Waals surface area contributed by atoms with E-state index in [2.05, 4.69) is 10.2 Å². The lowest BCUT2D eigenvalue weighted by Gasteiger charge is -2.33. The molecule has 1 unspecified atom stereocenters. The fraction of sp³-hybridized carbons (Fsp3) is 0.875. The molecule has 0 aromatic carbocycles. The summed E-state index contributed by atoms with van der Waals surface area (Å²) in [4.78, 5) is 13.4. The van der Waals surface area contributed by atoms with Crippen LogP contribution in [0.4, 0.5) is 0 Å². The van der Waals surface area contributed by atoms with Gasteiger partial charge in [0.2, 0.25) is 0 Å². The summed E-state index contributed by atoms with van der Waals surface area (Å²) in [6, 6.07) is -0.165. The van der Waals surface area contributed by atoms with Gasteiger partial charge in [0.15, 0.2) is 0 Å². The van der Waals surface area contributed by atoms with Crippen molar-refractivity contribution in [3.8, 4) is 0 Å². The van der Waals surface area contributed by atoms with Gasteiger partial charge >= 0.3 is 5.97 Å². The van der Waals surface area contributed by atoms with Gasteiger partial charge in [-0.3, -0.25) is 9.69 Å². The third-order valence-corrected chi connectivity index (χ3v) is 2.24. The Morgan fingerprint density at radius 2 is 2.54 bits per heavy atom. The van der Waals surface area contributed by atoms with Crippen LogP contribution < -0.4 is 11.1 Å². The zero-order chi connectivity index (χ0) is 9.68. The van der Waals surface area contributed by atoms with Crippen molar-refractivity contribution in [2.75, 3.05) is 39.8 Å². The Hall–Kier alpha value is -0.650. The average molecular weight is 187 g/mol. The molecule has 1 heterocycles. The van der Waals surface area contributed by atoms with Gasteiger partial charge in [-0.25, -0.2) is 0 Å². The molecule has 3 N–H and O–H groups in total. The summed E-state index contributed by atoms with van der Waals surface area (Å²) in [6.07, 6.45) is 0. The number of nitrogens with two attached hydrogens (primary N) is 1. The van der Waals surface area contributed by atoms with Gasteiger partial charge in [0.25, 0.3) is 0 Å². The fourth-order valence-corrected chi connectivity index (χ4v) is 1.55. The van der Waals surface area contributed by atoms with Gasteiger partial charge < -0.3 is 15.8 Å². The first-order chi connectivity index (χ1) is 6.29. The molecule has 1 saturated heterocycles. The highest BCUT2D eigenvalue weighted by atomic mass is 16.5. The van der Waals surface area contributed by atoms with Gasteiger partial charge in [0.05, 0.1) is 7.11 Å². The lowest BCUT2D eigenvalue weighted by atomic mass is 10.2. The highest BCUT2D eigenvalue weighted by Gasteiger charge is 2.28. The molecule has 13 heavy (non-hydrogen) atoms. The molecular formula is C8H17N3O2. The predicted molar refractivity (Wildman–Crippen MR) is 49.3 cm³/mol. The van der Waals surface area contributed by atoms with Crippen LogP contribution in [0.25, 0.3) is 0 Å². The van der Waals surface area contributed by atoms with E-state index in [1.165, 1.54) is 7.11 Å². The molecule has 0 aromatic rings. The van der Waals surface area contributed by atoms with Gasteiger partial charge in [0.1, 0.15) is 6.04 Å². The van der Waals surface area contributed by atoms with Crippen LogP contribution in [0.5, 0.6) is 0 Å². The number of nitrogens with one attached hydrogen (secondary N) is 1. The van der Waals surface area contributed by atoms with Crippen molar-refractivity contribution in [3.05, 3.63) is 0 Å². The monoisotopic (exact) mass is 187 g/mol. The minimum absolute atomic E-state index is 0.165. The lowest BCUT2D eigenvalue weighted by Crippen LogP contribution is -2.56. The van der Waals surface area contributed by atoms with E-state index in [0.717, 1.165) is 19.6 Å². The maximum atomic E-state index is 11.3. The highest BCUT2D eigenvalue weighted by molar-refractivity contribution is 5.76. The zero-order valence-electron chi connectivity index (χ0n) is 7.95. The van der Waals surface area contributed by atoms with Gasteiger partial charge in [-0.1, -0.05) is 0 Å². The molecule has 1 aliphatic rings. The number of rotatable bonds is 3. The maximum absolute atomic E-state index is 11.3. The number of nitrogens with zero attached hydrogens (tertiary/aromatic N) is 1. The van der Waals surface area contributed by atoms with Crippen LogP contribution in [0.3, 0.4) is 0 Å². The summed E-state index contributed by atoms with van der Waals surface area (Å²) in [5, 5.41) is 3.16. The molecule has 1 atom stereocenters. The van der Waals surface area contributed by atoms with Gasteiger partial charge in [0, 0.05) is 32.7 Å². The van der Waals surface area contributed by atoms with E-state index in [-0.39, 0.29) is 12.0 Å². The number of piperazine rings is 1. The van der Waals surface area contributed by atoms with E-state index in [4.69, 9.17) is 10.5 Å². The van der Waals surface area contributed by atoms with Crippen molar-refractivity contribution in [1.29, 1.82) is 0 Å². The van der Waals surface area contributed by atoms with Crippen molar-refractivity contribution >= 4 is 5.97 Å². The van der Waals surface area contributed by atoms with Crippen LogP contribution >= 0.6 is 0 Å². The fourth-order valence-electron chi connectivity index (χ4n) is 1.55. The molecule has 76 valence electrons. The van der Waals surface area contributed by atoms with E-state index >= 15 is 0 Å². The molecule has 0 aliphatic carbocycles. The first kappa shape index (κ1) is 10.4. The summed E-state index contributed by atoms with van der Waals surface area (Å²) in [5.41, 5.74) is 5.45. The molecule has 0 spiro atoms. The molecule has 1 rings (SSSR count). The number of hydrogen-bond acceptors (Lipinski definition) is 5. The van der Waals surface area contributed by atoms with Crippen LogP contribution in [0, 0.1) is 0 Å². The molecule has 0 bridgehead atoms. The Morgan fingerprint density at radius 3 is 3.15 bits per heavy atom. The quantitative estimate of drug-likeness (QED) is 0.520. The molecule has 5 heteroatoms. The van der Waals surface area contributed by atoms with Crippen molar-refractivity contribution in [1.82, 2.24) is 10.2 Å². The first-order valence-electron chi connectivity index (χ1n) is 4.52. The van der Waals surface area contributed by atoms with Crippen molar-refractivity contribution in [2.45, 2.75) is 6.04 Å². The number of methoxy groups -OCH3 is 1. The van der Waals surface area contributed by atoms with Crippen LogP contribution in [-0.2, 0) is 9.53 Å². The SMILES string of the molecule is COC(=O)C1CNCCN1CCN. The molecule has 0 radical (unpaired) electrons. The molecular weight excluding hydrogens is 170 g/mol. The van der Waals surface area contributed by atoms with E-state index in [1.807, 2.05) is 0 Å². The second-order valence-corrected chi connectivity index (χ2v) is 3.07. The minimum atomic E-state index is -0.180. The topological polar surface area (TPSA) is 67.6 Å². The van der Waals surface area contributed by atoms with Crippen LogP contribution in [0.15, 0.2) is 0 Å². The van der Waals surface area contributed by atoms with Gasteiger partial charge in [-0.05, 0) is 0 Å². The smallest absolute Gasteiger partial charge is 0.324 e. The zero-order valence-corrected chi connectivity index (χ0v) is 7.95. The Bertz CT molecular complexity index is 173. The Labute approximate surface area is 78.2 Å². The highest BCUT2D eigenvalue weighted by Crippen LogP contribution is 2.03. The van der Waals surface area contributed by atoms with Crippen molar-refractivity contribution in [2.24, 2.45) is 5.73 Å². The second-order valence-electron chi connectivity index (χ2n) is 3.07. The molecule has 5 nitrogen and oxygen atoms in total. The summed E-state index contributed by atoms with van der Waals surface area (Å²) >= 11 is 0. The number of hydrogen-bond donors (Lipinski definition) is 2. The first-order valence-corrected chi connectivity index (χ1v) is 4.52. The lowest BCUT2D eigenvalue weighted by molar-refractivity contribution is -0.147. The molecule has 0 amide bonds. The number of carbonyl (C=O) groups is 1. The summed E-state index contributed by atoms with van der Waals surface area (Å²) in [7, 11) is 1.41. The summed E-state index contributed by atoms with van der Waals surface area (Å²) in [6.45, 7) is 3.76. The van der Waals surface area contributed by atoms with Crippen molar-refractivity contribution < 1.29 is 9.53 Å². The summed E-state index contributed by atoms with van der Waals surface area (Å²) < 4.78 is 4.70. The molecule has 1 fully saturated rings. The summed E-state index contributed by atoms with van der Waals surface area (Å²) in [5.74, 6) is -0.180. The predicted octanol–water partition coefficient (Wildman–Crippen LogP) is -1.61. The van der Waals surface area contributed by atoms with E-state index in [9.17, 15) is 4.79 Å². The Balaban J connectivity index is 2.50. The largest absolute Gasteiger partial charge is 0.468 e. The number of ether oxygens (including phenoxy) is 1. The molecule has 0 aromatic heterocycles. The van der Waals surface area contributed by atoms with Crippen LogP contribution in [0.1, 0.15) is 0 Å². The molecule has 0 saturated carbocycles. The average Bonchev–Trinajstić information content (AvgIpc) is 2.18. The number of esters is 1. The van der Waals surface area contributed by atoms with E-state index < -0.39 is 0 Å². The normalized spacial score (nSPS) is 24.3. The standard InChI is InChI=1S/C8H17N3O2/c1-13-8(12)7-6-10-3-5-11(7)4-2-9/h7,10H,2-6,9H2,1H3. The Morgan fingerprint density at radius 1 is 1.77 bits per heavy atom. The van der Waals surface area contributed by atoms with Crippen molar-refractivity contribution in [3.63, 3.8) is 0 Å². The third-order valence-electron chi connectivity index (χ3n) is 2.24. The van der Waals surface area contributed by atoms with Crippen LogP contribution in [0.2, 0.25) is 0 Å². The number of carbonyl (C=O) groups excluding carboxylic acids is 1. The van der Waals surface area contributed by atoms with Gasteiger partial charge in [-0.2, -0.15) is 0 Å². The molecule has 1 aliphatic heterocycles. The maximum Gasteiger partial charge on any atom is 0.324 e. The Kier molecular flexibility index (Phi) is 4.14. The second kappa shape index (κ2) is 5.16. The minimum Gasteiger partial charge on any atom is -0.468 e. The van der Waals surface area contributed by atoms with Crippen LogP contribution in [-0.4, -0.2) is 56.7 Å². The van der Waals surface area contributed by atoms with Gasteiger partial charge in [-0.15, -0.1) is 0 Å². The third kappa shape index (κ3) is 2.65. The van der Waals surface area contributed by atoms with E-state index in [0.29, 0.717) is 13.1 Å².